The number of carbonyl (C=O) groups excluding carboxylic acids is 1. The van der Waals surface area contributed by atoms with Crippen LogP contribution in [0.15, 0.2) is 37.1 Å². The van der Waals surface area contributed by atoms with Gasteiger partial charge in [0.2, 0.25) is 0 Å². The number of hydrogen-bond donors (Lipinski definition) is 0. The van der Waals surface area contributed by atoms with Gasteiger partial charge in [0.1, 0.15) is 0 Å². The first-order valence-electron chi connectivity index (χ1n) is 4.22. The molecule has 0 saturated heterocycles. The lowest BCUT2D eigenvalue weighted by molar-refractivity contribution is -0.139. The monoisotopic (exact) mass is 210 g/mol. The van der Waals surface area contributed by atoms with Crippen LogP contribution in [0.2, 0.25) is 5.02 Å². The summed E-state index contributed by atoms with van der Waals surface area (Å²) >= 11 is 5.72. The van der Waals surface area contributed by atoms with E-state index in [1.165, 1.54) is 0 Å². The molecule has 14 heavy (non-hydrogen) atoms. The maximum absolute atomic E-state index is 11.3. The molecule has 1 aromatic carbocycles. The molecule has 0 heterocycles. The molecule has 1 rings (SSSR count). The number of benzene rings is 1. The van der Waals surface area contributed by atoms with E-state index < -0.39 is 0 Å². The van der Waals surface area contributed by atoms with Gasteiger partial charge in [-0.3, -0.25) is 4.79 Å². The van der Waals surface area contributed by atoms with Gasteiger partial charge in [0.25, 0.3) is 0 Å². The van der Waals surface area contributed by atoms with Gasteiger partial charge < -0.3 is 4.74 Å². The average Bonchev–Trinajstić information content (AvgIpc) is 2.18. The van der Waals surface area contributed by atoms with Crippen LogP contribution in [0.1, 0.15) is 18.4 Å². The van der Waals surface area contributed by atoms with E-state index >= 15 is 0 Å². The zero-order chi connectivity index (χ0) is 10.6. The fourth-order valence-electron chi connectivity index (χ4n) is 1.07. The maximum atomic E-state index is 11.3. The van der Waals surface area contributed by atoms with Crippen LogP contribution in [-0.4, -0.2) is 5.97 Å². The van der Waals surface area contributed by atoms with Crippen LogP contribution >= 0.6 is 11.6 Å². The van der Waals surface area contributed by atoms with Crippen molar-refractivity contribution in [1.82, 2.24) is 0 Å². The fourth-order valence-corrected chi connectivity index (χ4v) is 1.20. The summed E-state index contributed by atoms with van der Waals surface area (Å²) in [6.45, 7) is 5.10. The smallest absolute Gasteiger partial charge is 0.317 e. The minimum Gasteiger partial charge on any atom is -0.435 e. The Morgan fingerprint density at radius 1 is 1.50 bits per heavy atom. The molecule has 1 unspecified atom stereocenters. The predicted octanol–water partition coefficient (Wildman–Crippen LogP) is 3.13. The molecule has 1 atom stereocenters. The van der Waals surface area contributed by atoms with Crippen LogP contribution in [-0.2, 0) is 9.53 Å². The van der Waals surface area contributed by atoms with Crippen LogP contribution in [0.25, 0.3) is 0 Å². The molecule has 0 radical (unpaired) electrons. The summed E-state index contributed by atoms with van der Waals surface area (Å²) in [7, 11) is 0. The number of rotatable bonds is 3. The minimum absolute atomic E-state index is 0.301. The normalized spacial score (nSPS) is 11.9. The highest BCUT2D eigenvalue weighted by Crippen LogP contribution is 2.19. The Morgan fingerprint density at radius 3 is 2.57 bits per heavy atom. The second kappa shape index (κ2) is 4.82. The van der Waals surface area contributed by atoms with Crippen molar-refractivity contribution in [2.24, 2.45) is 0 Å². The molecule has 0 aromatic heterocycles. The van der Waals surface area contributed by atoms with E-state index in [9.17, 15) is 4.79 Å². The van der Waals surface area contributed by atoms with Gasteiger partial charge in [0.15, 0.2) is 0 Å². The number of esters is 1. The minimum atomic E-state index is -0.317. The van der Waals surface area contributed by atoms with Gasteiger partial charge in [-0.1, -0.05) is 30.3 Å². The molecule has 3 heteroatoms. The Hall–Kier alpha value is -1.28. The molecule has 0 amide bonds. The van der Waals surface area contributed by atoms with E-state index in [0.29, 0.717) is 5.02 Å². The van der Waals surface area contributed by atoms with Crippen molar-refractivity contribution >= 4 is 17.6 Å². The zero-order valence-electron chi connectivity index (χ0n) is 7.87. The molecule has 74 valence electrons. The quantitative estimate of drug-likeness (QED) is 0.566. The van der Waals surface area contributed by atoms with Gasteiger partial charge in [-0.15, -0.1) is 0 Å². The lowest BCUT2D eigenvalue weighted by Gasteiger charge is -2.08. The molecule has 0 N–H and O–H groups in total. The topological polar surface area (TPSA) is 26.3 Å². The molecule has 0 aliphatic rings. The third kappa shape index (κ3) is 2.60. The van der Waals surface area contributed by atoms with Crippen molar-refractivity contribution in [3.05, 3.63) is 47.7 Å². The first-order valence-corrected chi connectivity index (χ1v) is 4.60. The standard InChI is InChI=1S/C11H11ClO2/c1-3-14-11(13)8(2)9-4-6-10(12)7-5-9/h3-8H,1H2,2H3. The SMILES string of the molecule is C=COC(=O)C(C)c1ccc(Cl)cc1. The summed E-state index contributed by atoms with van der Waals surface area (Å²) in [5.74, 6) is -0.618. The molecule has 0 saturated carbocycles. The first kappa shape index (κ1) is 10.8. The van der Waals surface area contributed by atoms with Crippen LogP contribution in [0.3, 0.4) is 0 Å². The molecule has 2 nitrogen and oxygen atoms in total. The summed E-state index contributed by atoms with van der Waals surface area (Å²) in [6, 6.07) is 7.10. The summed E-state index contributed by atoms with van der Waals surface area (Å²) in [6.07, 6.45) is 1.13. The third-order valence-corrected chi connectivity index (χ3v) is 2.18. The number of ether oxygens (including phenoxy) is 1. The Labute approximate surface area is 88.1 Å². The Bertz CT molecular complexity index is 330. The van der Waals surface area contributed by atoms with Crippen molar-refractivity contribution in [3.8, 4) is 0 Å². The van der Waals surface area contributed by atoms with Crippen molar-refractivity contribution in [2.75, 3.05) is 0 Å². The van der Waals surface area contributed by atoms with Crippen LogP contribution in [0.5, 0.6) is 0 Å². The molecular formula is C11H11ClO2. The lowest BCUT2D eigenvalue weighted by Crippen LogP contribution is -2.09. The van der Waals surface area contributed by atoms with Crippen LogP contribution in [0.4, 0.5) is 0 Å². The summed E-state index contributed by atoms with van der Waals surface area (Å²) in [5, 5.41) is 0.651. The van der Waals surface area contributed by atoms with Gasteiger partial charge in [-0.05, 0) is 24.6 Å². The molecule has 0 bridgehead atoms. The zero-order valence-corrected chi connectivity index (χ0v) is 8.62. The number of carbonyl (C=O) groups is 1. The van der Waals surface area contributed by atoms with Crippen LogP contribution < -0.4 is 0 Å². The second-order valence-corrected chi connectivity index (χ2v) is 3.31. The van der Waals surface area contributed by atoms with Crippen molar-refractivity contribution in [3.63, 3.8) is 0 Å². The van der Waals surface area contributed by atoms with E-state index in [2.05, 4.69) is 11.3 Å². The summed E-state index contributed by atoms with van der Waals surface area (Å²) in [5.41, 5.74) is 0.876. The predicted molar refractivity (Wildman–Crippen MR) is 56.2 cm³/mol. The largest absolute Gasteiger partial charge is 0.435 e. The van der Waals surface area contributed by atoms with E-state index in [4.69, 9.17) is 11.6 Å². The Morgan fingerprint density at radius 2 is 2.07 bits per heavy atom. The van der Waals surface area contributed by atoms with Crippen molar-refractivity contribution in [1.29, 1.82) is 0 Å². The maximum Gasteiger partial charge on any atom is 0.317 e. The first-order chi connectivity index (χ1) is 6.65. The second-order valence-electron chi connectivity index (χ2n) is 2.88. The van der Waals surface area contributed by atoms with Crippen molar-refractivity contribution < 1.29 is 9.53 Å². The van der Waals surface area contributed by atoms with E-state index in [0.717, 1.165) is 11.8 Å². The highest BCUT2D eigenvalue weighted by atomic mass is 35.5. The molecule has 0 spiro atoms. The third-order valence-electron chi connectivity index (χ3n) is 1.92. The van der Waals surface area contributed by atoms with Gasteiger partial charge >= 0.3 is 5.97 Å². The van der Waals surface area contributed by atoms with Gasteiger partial charge in [0, 0.05) is 5.02 Å². The molecule has 0 aliphatic heterocycles. The number of hydrogen-bond acceptors (Lipinski definition) is 2. The molecular weight excluding hydrogens is 200 g/mol. The van der Waals surface area contributed by atoms with E-state index in [-0.39, 0.29) is 11.9 Å². The molecule has 0 aliphatic carbocycles. The Balaban J connectivity index is 2.78. The van der Waals surface area contributed by atoms with E-state index in [1.807, 2.05) is 0 Å². The van der Waals surface area contributed by atoms with E-state index in [1.54, 1.807) is 31.2 Å². The summed E-state index contributed by atoms with van der Waals surface area (Å²) < 4.78 is 4.68. The summed E-state index contributed by atoms with van der Waals surface area (Å²) in [4.78, 5) is 11.3. The number of halogens is 1. The Kier molecular flexibility index (Phi) is 3.72. The highest BCUT2D eigenvalue weighted by molar-refractivity contribution is 6.30. The van der Waals surface area contributed by atoms with Gasteiger partial charge in [-0.2, -0.15) is 0 Å². The lowest BCUT2D eigenvalue weighted by atomic mass is 10.0. The van der Waals surface area contributed by atoms with Crippen molar-refractivity contribution in [2.45, 2.75) is 12.8 Å². The highest BCUT2D eigenvalue weighted by Gasteiger charge is 2.15. The molecule has 0 fully saturated rings. The fraction of sp³-hybridized carbons (Fsp3) is 0.182. The van der Waals surface area contributed by atoms with Crippen LogP contribution in [0, 0.1) is 0 Å². The van der Waals surface area contributed by atoms with Gasteiger partial charge in [0.05, 0.1) is 12.2 Å². The molecule has 1 aromatic rings. The average molecular weight is 211 g/mol. The van der Waals surface area contributed by atoms with Gasteiger partial charge in [-0.25, -0.2) is 0 Å².